The molecule has 1 fully saturated rings. The minimum Gasteiger partial charge on any atom is -0.381 e. The highest BCUT2D eigenvalue weighted by molar-refractivity contribution is 4.99. The summed E-state index contributed by atoms with van der Waals surface area (Å²) in [7, 11) is 1.97. The van der Waals surface area contributed by atoms with E-state index >= 15 is 0 Å². The van der Waals surface area contributed by atoms with E-state index in [4.69, 9.17) is 10.5 Å². The number of aryl methyl sites for hydroxylation is 1. The molecule has 17 heavy (non-hydrogen) atoms. The summed E-state index contributed by atoms with van der Waals surface area (Å²) >= 11 is 0. The summed E-state index contributed by atoms with van der Waals surface area (Å²) in [6.45, 7) is 2.48. The molecule has 2 rings (SSSR count). The number of aromatic nitrogens is 2. The normalized spacial score (nSPS) is 24.4. The van der Waals surface area contributed by atoms with Gasteiger partial charge >= 0.3 is 0 Å². The van der Waals surface area contributed by atoms with E-state index in [2.05, 4.69) is 5.10 Å². The van der Waals surface area contributed by atoms with Gasteiger partial charge in [0.2, 0.25) is 0 Å². The van der Waals surface area contributed by atoms with Crippen molar-refractivity contribution in [2.75, 3.05) is 19.8 Å². The van der Waals surface area contributed by atoms with Crippen LogP contribution in [0.15, 0.2) is 12.3 Å². The van der Waals surface area contributed by atoms with Gasteiger partial charge in [0.15, 0.2) is 0 Å². The Morgan fingerprint density at radius 1 is 1.47 bits per heavy atom. The first-order chi connectivity index (χ1) is 8.31. The summed E-state index contributed by atoms with van der Waals surface area (Å²) in [5, 5.41) is 4.14. The average molecular weight is 237 g/mol. The van der Waals surface area contributed by atoms with Crippen LogP contribution in [-0.2, 0) is 18.2 Å². The van der Waals surface area contributed by atoms with Crippen molar-refractivity contribution in [2.24, 2.45) is 24.6 Å². The second-order valence-corrected chi connectivity index (χ2v) is 4.96. The van der Waals surface area contributed by atoms with Crippen molar-refractivity contribution in [1.82, 2.24) is 9.78 Å². The van der Waals surface area contributed by atoms with Gasteiger partial charge < -0.3 is 10.5 Å². The quantitative estimate of drug-likeness (QED) is 0.760. The van der Waals surface area contributed by atoms with E-state index in [-0.39, 0.29) is 0 Å². The minimum atomic E-state index is 0.687. The summed E-state index contributed by atoms with van der Waals surface area (Å²) in [4.78, 5) is 0. The smallest absolute Gasteiger partial charge is 0.0521 e. The van der Waals surface area contributed by atoms with Crippen molar-refractivity contribution < 1.29 is 4.74 Å². The van der Waals surface area contributed by atoms with Gasteiger partial charge in [0.05, 0.1) is 6.61 Å². The molecule has 2 atom stereocenters. The van der Waals surface area contributed by atoms with Crippen LogP contribution in [0.5, 0.6) is 0 Å². The first-order valence-corrected chi connectivity index (χ1v) is 6.56. The highest BCUT2D eigenvalue weighted by atomic mass is 16.5. The van der Waals surface area contributed by atoms with Crippen LogP contribution in [0.3, 0.4) is 0 Å². The Bertz CT molecular complexity index is 337. The number of nitrogens with two attached hydrogens (primary N) is 1. The molecule has 1 heterocycles. The molecule has 2 unspecified atom stereocenters. The molecule has 0 spiro atoms. The number of hydrogen-bond donors (Lipinski definition) is 1. The van der Waals surface area contributed by atoms with Crippen LogP contribution in [0, 0.1) is 11.8 Å². The van der Waals surface area contributed by atoms with Crippen LogP contribution in [0.2, 0.25) is 0 Å². The van der Waals surface area contributed by atoms with Gasteiger partial charge in [-0.2, -0.15) is 5.10 Å². The Labute approximate surface area is 103 Å². The van der Waals surface area contributed by atoms with E-state index in [0.717, 1.165) is 26.2 Å². The van der Waals surface area contributed by atoms with Crippen molar-refractivity contribution in [3.8, 4) is 0 Å². The van der Waals surface area contributed by atoms with E-state index in [1.54, 1.807) is 0 Å². The van der Waals surface area contributed by atoms with Crippen LogP contribution in [0.25, 0.3) is 0 Å². The van der Waals surface area contributed by atoms with Gasteiger partial charge in [0.25, 0.3) is 0 Å². The molecular formula is C13H23N3O. The average Bonchev–Trinajstić information content (AvgIpc) is 2.93. The standard InChI is InChI=1S/C13H23N3O/c1-16-13(5-7-15-16)6-8-17-10-12-4-2-3-11(12)9-14/h5,7,11-12H,2-4,6,8-10,14H2,1H3. The molecule has 0 aromatic carbocycles. The Morgan fingerprint density at radius 3 is 3.00 bits per heavy atom. The molecule has 4 heteroatoms. The van der Waals surface area contributed by atoms with Crippen molar-refractivity contribution in [3.63, 3.8) is 0 Å². The van der Waals surface area contributed by atoms with E-state index in [0.29, 0.717) is 11.8 Å². The fraction of sp³-hybridized carbons (Fsp3) is 0.769. The third-order valence-corrected chi connectivity index (χ3v) is 3.88. The fourth-order valence-electron chi connectivity index (χ4n) is 2.70. The van der Waals surface area contributed by atoms with Crippen LogP contribution >= 0.6 is 0 Å². The maximum atomic E-state index is 5.78. The zero-order chi connectivity index (χ0) is 12.1. The highest BCUT2D eigenvalue weighted by Gasteiger charge is 2.25. The fourth-order valence-corrected chi connectivity index (χ4v) is 2.70. The molecule has 0 saturated heterocycles. The van der Waals surface area contributed by atoms with Crippen LogP contribution in [0.4, 0.5) is 0 Å². The summed E-state index contributed by atoms with van der Waals surface area (Å²) < 4.78 is 7.69. The molecule has 1 aromatic heterocycles. The lowest BCUT2D eigenvalue weighted by molar-refractivity contribution is 0.0883. The van der Waals surface area contributed by atoms with Crippen molar-refractivity contribution in [1.29, 1.82) is 0 Å². The summed E-state index contributed by atoms with van der Waals surface area (Å²) in [5.74, 6) is 1.37. The second kappa shape index (κ2) is 6.17. The maximum absolute atomic E-state index is 5.78. The zero-order valence-electron chi connectivity index (χ0n) is 10.6. The number of hydrogen-bond acceptors (Lipinski definition) is 3. The van der Waals surface area contributed by atoms with Crippen molar-refractivity contribution >= 4 is 0 Å². The molecule has 0 bridgehead atoms. The van der Waals surface area contributed by atoms with Crippen LogP contribution in [-0.4, -0.2) is 29.5 Å². The molecule has 1 saturated carbocycles. The predicted molar refractivity (Wildman–Crippen MR) is 67.6 cm³/mol. The lowest BCUT2D eigenvalue weighted by atomic mass is 9.97. The number of nitrogens with zero attached hydrogens (tertiary/aromatic N) is 2. The van der Waals surface area contributed by atoms with E-state index in [9.17, 15) is 0 Å². The molecule has 96 valence electrons. The maximum Gasteiger partial charge on any atom is 0.0521 e. The molecular weight excluding hydrogens is 214 g/mol. The molecule has 1 aliphatic rings. The third-order valence-electron chi connectivity index (χ3n) is 3.88. The Balaban J connectivity index is 1.65. The first-order valence-electron chi connectivity index (χ1n) is 6.56. The molecule has 1 aliphatic carbocycles. The predicted octanol–water partition coefficient (Wildman–Crippen LogP) is 1.35. The first kappa shape index (κ1) is 12.6. The Kier molecular flexibility index (Phi) is 4.57. The van der Waals surface area contributed by atoms with Gasteiger partial charge in [-0.1, -0.05) is 6.42 Å². The van der Waals surface area contributed by atoms with E-state index in [1.807, 2.05) is 24.0 Å². The summed E-state index contributed by atoms with van der Waals surface area (Å²) in [5.41, 5.74) is 6.99. The Morgan fingerprint density at radius 2 is 2.29 bits per heavy atom. The molecule has 1 aromatic rings. The van der Waals surface area contributed by atoms with Gasteiger partial charge in [-0.25, -0.2) is 0 Å². The monoisotopic (exact) mass is 237 g/mol. The summed E-state index contributed by atoms with van der Waals surface area (Å²) in [6.07, 6.45) is 6.66. The Hall–Kier alpha value is -0.870. The zero-order valence-corrected chi connectivity index (χ0v) is 10.6. The SMILES string of the molecule is Cn1nccc1CCOCC1CCCC1CN. The second-order valence-electron chi connectivity index (χ2n) is 4.96. The lowest BCUT2D eigenvalue weighted by Crippen LogP contribution is -2.22. The number of ether oxygens (including phenoxy) is 1. The minimum absolute atomic E-state index is 0.687. The molecule has 0 aliphatic heterocycles. The third kappa shape index (κ3) is 3.30. The molecule has 2 N–H and O–H groups in total. The summed E-state index contributed by atoms with van der Waals surface area (Å²) in [6, 6.07) is 2.04. The van der Waals surface area contributed by atoms with Gasteiger partial charge in [-0.15, -0.1) is 0 Å². The van der Waals surface area contributed by atoms with Crippen LogP contribution < -0.4 is 5.73 Å². The van der Waals surface area contributed by atoms with Crippen LogP contribution in [0.1, 0.15) is 25.0 Å². The van der Waals surface area contributed by atoms with Gasteiger partial charge in [0.1, 0.15) is 0 Å². The molecule has 0 amide bonds. The van der Waals surface area contributed by atoms with Gasteiger partial charge in [-0.3, -0.25) is 4.68 Å². The van der Waals surface area contributed by atoms with Crippen molar-refractivity contribution in [3.05, 3.63) is 18.0 Å². The lowest BCUT2D eigenvalue weighted by Gasteiger charge is -2.17. The number of rotatable bonds is 6. The highest BCUT2D eigenvalue weighted by Crippen LogP contribution is 2.30. The van der Waals surface area contributed by atoms with Gasteiger partial charge in [0, 0.05) is 32.0 Å². The van der Waals surface area contributed by atoms with E-state index in [1.165, 1.54) is 25.0 Å². The van der Waals surface area contributed by atoms with Gasteiger partial charge in [-0.05, 0) is 37.3 Å². The van der Waals surface area contributed by atoms with E-state index < -0.39 is 0 Å². The molecule has 4 nitrogen and oxygen atoms in total. The topological polar surface area (TPSA) is 53.1 Å². The largest absolute Gasteiger partial charge is 0.381 e. The van der Waals surface area contributed by atoms with Crippen molar-refractivity contribution in [2.45, 2.75) is 25.7 Å². The molecule has 0 radical (unpaired) electrons.